The van der Waals surface area contributed by atoms with Crippen molar-refractivity contribution in [2.45, 2.75) is 19.6 Å². The Bertz CT molecular complexity index is 413. The Kier molecular flexibility index (Phi) is 7.32. The van der Waals surface area contributed by atoms with E-state index in [0.717, 1.165) is 16.6 Å². The van der Waals surface area contributed by atoms with Crippen LogP contribution in [0.3, 0.4) is 0 Å². The van der Waals surface area contributed by atoms with Crippen molar-refractivity contribution in [1.82, 2.24) is 5.32 Å². The molecule has 114 valence electrons. The summed E-state index contributed by atoms with van der Waals surface area (Å²) < 4.78 is 46.4. The average molecular weight is 356 g/mol. The number of halogens is 4. The van der Waals surface area contributed by atoms with Crippen LogP contribution in [0.25, 0.3) is 0 Å². The summed E-state index contributed by atoms with van der Waals surface area (Å²) in [4.78, 5) is 0. The lowest BCUT2D eigenvalue weighted by Crippen LogP contribution is -2.20. The van der Waals surface area contributed by atoms with Crippen LogP contribution < -0.4 is 10.1 Å². The molecule has 0 amide bonds. The average Bonchev–Trinajstić information content (AvgIpc) is 2.36. The van der Waals surface area contributed by atoms with E-state index in [1.807, 2.05) is 25.1 Å². The molecule has 0 unspecified atom stereocenters. The zero-order valence-corrected chi connectivity index (χ0v) is 12.7. The van der Waals surface area contributed by atoms with Crippen LogP contribution in [0.4, 0.5) is 13.2 Å². The van der Waals surface area contributed by atoms with E-state index in [1.165, 1.54) is 0 Å². The second kappa shape index (κ2) is 8.49. The molecule has 0 aliphatic rings. The van der Waals surface area contributed by atoms with Crippen LogP contribution in [0.5, 0.6) is 5.75 Å². The van der Waals surface area contributed by atoms with Gasteiger partial charge >= 0.3 is 6.18 Å². The summed E-state index contributed by atoms with van der Waals surface area (Å²) in [5.41, 5.74) is 0.942. The molecule has 1 rings (SSSR count). The minimum absolute atomic E-state index is 0.0673. The Balaban J connectivity index is 2.46. The van der Waals surface area contributed by atoms with Gasteiger partial charge < -0.3 is 14.8 Å². The molecule has 7 heteroatoms. The summed E-state index contributed by atoms with van der Waals surface area (Å²) in [5.74, 6) is 0.629. The third kappa shape index (κ3) is 6.58. The molecule has 1 aromatic carbocycles. The number of para-hydroxylation sites is 1. The quantitative estimate of drug-likeness (QED) is 0.723. The lowest BCUT2D eigenvalue weighted by Gasteiger charge is -2.14. The fraction of sp³-hybridized carbons (Fsp3) is 0.538. The topological polar surface area (TPSA) is 30.5 Å². The van der Waals surface area contributed by atoms with Crippen LogP contribution in [0.15, 0.2) is 22.7 Å². The molecule has 0 aromatic heterocycles. The first-order chi connectivity index (χ1) is 9.44. The number of ether oxygens (including phenoxy) is 2. The molecule has 3 nitrogen and oxygen atoms in total. The van der Waals surface area contributed by atoms with Gasteiger partial charge in [0.1, 0.15) is 19.0 Å². The zero-order valence-electron chi connectivity index (χ0n) is 11.1. The van der Waals surface area contributed by atoms with Crippen molar-refractivity contribution in [3.8, 4) is 5.75 Å². The first-order valence-electron chi connectivity index (χ1n) is 6.19. The standard InChI is InChI=1S/C13H17BrF3NO2/c1-2-18-8-10-4-3-5-11(14)12(10)20-7-6-19-9-13(15,16)17/h3-5,18H,2,6-9H2,1H3. The first-order valence-corrected chi connectivity index (χ1v) is 6.98. The predicted molar refractivity (Wildman–Crippen MR) is 73.9 cm³/mol. The minimum atomic E-state index is -4.30. The molecule has 0 fully saturated rings. The van der Waals surface area contributed by atoms with Gasteiger partial charge in [0.25, 0.3) is 0 Å². The maximum atomic E-state index is 11.9. The van der Waals surface area contributed by atoms with Crippen molar-refractivity contribution in [3.05, 3.63) is 28.2 Å². The fourth-order valence-corrected chi connectivity index (χ4v) is 2.03. The third-order valence-corrected chi connectivity index (χ3v) is 2.98. The van der Waals surface area contributed by atoms with Gasteiger partial charge in [-0.2, -0.15) is 13.2 Å². The van der Waals surface area contributed by atoms with Gasteiger partial charge in [-0.25, -0.2) is 0 Å². The van der Waals surface area contributed by atoms with Crippen molar-refractivity contribution in [2.75, 3.05) is 26.4 Å². The fourth-order valence-electron chi connectivity index (χ4n) is 1.50. The molecule has 0 radical (unpaired) electrons. The predicted octanol–water partition coefficient (Wildman–Crippen LogP) is 3.52. The summed E-state index contributed by atoms with van der Waals surface area (Å²) in [5, 5.41) is 3.17. The molecule has 0 saturated carbocycles. The Labute approximate surface area is 124 Å². The maximum absolute atomic E-state index is 11.9. The van der Waals surface area contributed by atoms with Crippen molar-refractivity contribution in [3.63, 3.8) is 0 Å². The molecule has 0 atom stereocenters. The molecular weight excluding hydrogens is 339 g/mol. The highest BCUT2D eigenvalue weighted by Crippen LogP contribution is 2.29. The van der Waals surface area contributed by atoms with E-state index in [4.69, 9.17) is 4.74 Å². The van der Waals surface area contributed by atoms with Crippen LogP contribution in [0.2, 0.25) is 0 Å². The molecule has 0 saturated heterocycles. The van der Waals surface area contributed by atoms with Crippen LogP contribution in [-0.4, -0.2) is 32.5 Å². The summed E-state index contributed by atoms with van der Waals surface area (Å²) in [6.45, 7) is 2.15. The van der Waals surface area contributed by atoms with Crippen molar-refractivity contribution in [1.29, 1.82) is 0 Å². The van der Waals surface area contributed by atoms with Crippen molar-refractivity contribution in [2.24, 2.45) is 0 Å². The zero-order chi connectivity index (χ0) is 15.0. The third-order valence-electron chi connectivity index (χ3n) is 2.35. The van der Waals surface area contributed by atoms with E-state index in [-0.39, 0.29) is 13.2 Å². The highest BCUT2D eigenvalue weighted by atomic mass is 79.9. The van der Waals surface area contributed by atoms with Gasteiger partial charge in [0.15, 0.2) is 0 Å². The molecular formula is C13H17BrF3NO2. The number of hydrogen-bond donors (Lipinski definition) is 1. The van der Waals surface area contributed by atoms with Gasteiger partial charge in [0.2, 0.25) is 0 Å². The SMILES string of the molecule is CCNCc1cccc(Br)c1OCCOCC(F)(F)F. The Hall–Kier alpha value is -0.790. The number of rotatable bonds is 8. The molecule has 1 N–H and O–H groups in total. The summed E-state index contributed by atoms with van der Waals surface area (Å²) in [6, 6.07) is 5.60. The first kappa shape index (κ1) is 17.3. The largest absolute Gasteiger partial charge is 0.490 e. The maximum Gasteiger partial charge on any atom is 0.411 e. The van der Waals surface area contributed by atoms with E-state index in [2.05, 4.69) is 26.0 Å². The molecule has 0 heterocycles. The van der Waals surface area contributed by atoms with E-state index in [9.17, 15) is 13.2 Å². The molecule has 0 aliphatic carbocycles. The number of benzene rings is 1. The molecule has 0 spiro atoms. The molecule has 0 aliphatic heterocycles. The Morgan fingerprint density at radius 2 is 2.00 bits per heavy atom. The van der Waals surface area contributed by atoms with Crippen molar-refractivity contribution >= 4 is 15.9 Å². The van der Waals surface area contributed by atoms with Gasteiger partial charge in [0.05, 0.1) is 11.1 Å². The lowest BCUT2D eigenvalue weighted by molar-refractivity contribution is -0.175. The van der Waals surface area contributed by atoms with E-state index >= 15 is 0 Å². The summed E-state index contributed by atoms with van der Waals surface area (Å²) in [6.07, 6.45) is -4.30. The summed E-state index contributed by atoms with van der Waals surface area (Å²) >= 11 is 3.37. The van der Waals surface area contributed by atoms with E-state index < -0.39 is 12.8 Å². The molecule has 1 aromatic rings. The number of nitrogens with one attached hydrogen (secondary N) is 1. The minimum Gasteiger partial charge on any atom is -0.490 e. The monoisotopic (exact) mass is 355 g/mol. The highest BCUT2D eigenvalue weighted by Gasteiger charge is 2.27. The Morgan fingerprint density at radius 3 is 2.65 bits per heavy atom. The van der Waals surface area contributed by atoms with Gasteiger partial charge in [-0.15, -0.1) is 0 Å². The van der Waals surface area contributed by atoms with Gasteiger partial charge in [-0.3, -0.25) is 0 Å². The van der Waals surface area contributed by atoms with Gasteiger partial charge in [-0.05, 0) is 28.5 Å². The van der Waals surface area contributed by atoms with Crippen LogP contribution in [0.1, 0.15) is 12.5 Å². The number of hydrogen-bond acceptors (Lipinski definition) is 3. The second-order valence-electron chi connectivity index (χ2n) is 4.02. The molecule has 0 bridgehead atoms. The Morgan fingerprint density at radius 1 is 1.25 bits per heavy atom. The molecule has 20 heavy (non-hydrogen) atoms. The summed E-state index contributed by atoms with van der Waals surface area (Å²) in [7, 11) is 0. The van der Waals surface area contributed by atoms with Crippen molar-refractivity contribution < 1.29 is 22.6 Å². The highest BCUT2D eigenvalue weighted by molar-refractivity contribution is 9.10. The van der Waals surface area contributed by atoms with Gasteiger partial charge in [-0.1, -0.05) is 19.1 Å². The van der Waals surface area contributed by atoms with E-state index in [0.29, 0.717) is 12.3 Å². The van der Waals surface area contributed by atoms with Crippen LogP contribution in [-0.2, 0) is 11.3 Å². The van der Waals surface area contributed by atoms with Crippen LogP contribution >= 0.6 is 15.9 Å². The van der Waals surface area contributed by atoms with E-state index in [1.54, 1.807) is 0 Å². The second-order valence-corrected chi connectivity index (χ2v) is 4.88. The smallest absolute Gasteiger partial charge is 0.411 e. The number of alkyl halides is 3. The lowest BCUT2D eigenvalue weighted by atomic mass is 10.2. The normalized spacial score (nSPS) is 11.7. The van der Waals surface area contributed by atoms with Gasteiger partial charge in [0, 0.05) is 12.1 Å². The van der Waals surface area contributed by atoms with Crippen LogP contribution in [0, 0.1) is 0 Å².